The Kier molecular flexibility index (Phi) is 6.86. The number of ether oxygens (including phenoxy) is 3. The van der Waals surface area contributed by atoms with E-state index >= 15 is 0 Å². The second-order valence-electron chi connectivity index (χ2n) is 8.09. The van der Waals surface area contributed by atoms with Crippen molar-refractivity contribution in [3.05, 3.63) is 48.0 Å². The number of carbonyl (C=O) groups excluding carboxylic acids is 1. The van der Waals surface area contributed by atoms with Crippen LogP contribution >= 0.6 is 0 Å². The van der Waals surface area contributed by atoms with Crippen LogP contribution in [0, 0.1) is 0 Å². The van der Waals surface area contributed by atoms with Crippen LogP contribution in [0.4, 0.5) is 0 Å². The lowest BCUT2D eigenvalue weighted by atomic mass is 9.95. The van der Waals surface area contributed by atoms with E-state index in [4.69, 9.17) is 14.2 Å². The smallest absolute Gasteiger partial charge is 0.260 e. The van der Waals surface area contributed by atoms with Crippen LogP contribution in [0.15, 0.2) is 47.4 Å². The minimum absolute atomic E-state index is 0.116. The number of sulfonamides is 1. The number of hydrogen-bond donors (Lipinski definition) is 2. The summed E-state index contributed by atoms with van der Waals surface area (Å²) in [6, 6.07) is 11.5. The van der Waals surface area contributed by atoms with Crippen LogP contribution in [-0.2, 0) is 21.4 Å². The number of nitrogens with one attached hydrogen (secondary N) is 2. The van der Waals surface area contributed by atoms with E-state index in [0.717, 1.165) is 31.2 Å². The maximum Gasteiger partial charge on any atom is 0.260 e. The Balaban J connectivity index is 1.31. The summed E-state index contributed by atoms with van der Waals surface area (Å²) in [7, 11) is -3.71. The molecule has 0 unspecified atom stereocenters. The largest absolute Gasteiger partial charge is 0.481 e. The second kappa shape index (κ2) is 9.79. The Bertz CT molecular complexity index is 1050. The fraction of sp³-hybridized carbons (Fsp3) is 0.435. The van der Waals surface area contributed by atoms with Gasteiger partial charge in [-0.05, 0) is 61.7 Å². The molecule has 0 aromatic heterocycles. The van der Waals surface area contributed by atoms with Gasteiger partial charge < -0.3 is 19.5 Å². The number of carbonyl (C=O) groups is 1. The summed E-state index contributed by atoms with van der Waals surface area (Å²) in [5, 5.41) is 3.04. The minimum Gasteiger partial charge on any atom is -0.481 e. The zero-order chi connectivity index (χ0) is 22.6. The summed E-state index contributed by atoms with van der Waals surface area (Å²) in [6.07, 6.45) is 4.84. The van der Waals surface area contributed by atoms with Crippen LogP contribution in [-0.4, -0.2) is 33.3 Å². The molecule has 0 bridgehead atoms. The minimum atomic E-state index is -3.71. The number of fused-ring (bicyclic) bond motifs is 1. The van der Waals surface area contributed by atoms with Gasteiger partial charge in [-0.25, -0.2) is 13.1 Å². The van der Waals surface area contributed by atoms with Gasteiger partial charge in [0.25, 0.3) is 5.91 Å². The molecule has 0 radical (unpaired) electrons. The molecule has 1 aliphatic carbocycles. The molecule has 1 fully saturated rings. The van der Waals surface area contributed by atoms with Gasteiger partial charge in [0, 0.05) is 12.6 Å². The zero-order valence-electron chi connectivity index (χ0n) is 18.0. The van der Waals surface area contributed by atoms with Crippen LogP contribution in [0.2, 0.25) is 0 Å². The van der Waals surface area contributed by atoms with Gasteiger partial charge in [-0.2, -0.15) is 0 Å². The summed E-state index contributed by atoms with van der Waals surface area (Å²) >= 11 is 0. The molecule has 172 valence electrons. The zero-order valence-corrected chi connectivity index (χ0v) is 18.8. The third kappa shape index (κ3) is 5.52. The van der Waals surface area contributed by atoms with Crippen molar-refractivity contribution >= 4 is 15.9 Å². The highest BCUT2D eigenvalue weighted by Crippen LogP contribution is 2.32. The topological polar surface area (TPSA) is 103 Å². The number of rotatable bonds is 8. The molecule has 2 aromatic carbocycles. The van der Waals surface area contributed by atoms with Crippen LogP contribution < -0.4 is 24.2 Å². The first-order chi connectivity index (χ1) is 15.4. The lowest BCUT2D eigenvalue weighted by Gasteiger charge is -2.24. The molecule has 8 nitrogen and oxygen atoms in total. The van der Waals surface area contributed by atoms with Crippen LogP contribution in [0.25, 0.3) is 0 Å². The van der Waals surface area contributed by atoms with Crippen LogP contribution in [0.3, 0.4) is 0 Å². The van der Waals surface area contributed by atoms with Crippen molar-refractivity contribution in [3.8, 4) is 17.2 Å². The molecule has 0 spiro atoms. The molecule has 2 N–H and O–H groups in total. The van der Waals surface area contributed by atoms with Crippen molar-refractivity contribution in [3.63, 3.8) is 0 Å². The number of hydrogen-bond acceptors (Lipinski definition) is 6. The average molecular weight is 461 g/mol. The van der Waals surface area contributed by atoms with Gasteiger partial charge in [-0.3, -0.25) is 4.79 Å². The lowest BCUT2D eigenvalue weighted by Crippen LogP contribution is -2.43. The van der Waals surface area contributed by atoms with Crippen LogP contribution in [0.1, 0.15) is 44.6 Å². The van der Waals surface area contributed by atoms with Crippen molar-refractivity contribution < 1.29 is 27.4 Å². The average Bonchev–Trinajstić information content (AvgIpc) is 3.27. The molecule has 1 heterocycles. The number of benzene rings is 2. The van der Waals surface area contributed by atoms with Crippen molar-refractivity contribution in [2.75, 3.05) is 6.79 Å². The normalized spacial score (nSPS) is 17.0. The van der Waals surface area contributed by atoms with E-state index in [1.54, 1.807) is 37.3 Å². The van der Waals surface area contributed by atoms with Crippen molar-refractivity contribution in [2.24, 2.45) is 0 Å². The molecule has 9 heteroatoms. The Morgan fingerprint density at radius 1 is 1.06 bits per heavy atom. The van der Waals surface area contributed by atoms with Gasteiger partial charge >= 0.3 is 0 Å². The van der Waals surface area contributed by atoms with E-state index in [1.165, 1.54) is 18.6 Å². The van der Waals surface area contributed by atoms with Crippen molar-refractivity contribution in [2.45, 2.75) is 62.6 Å². The molecular formula is C23H28N2O6S. The summed E-state index contributed by atoms with van der Waals surface area (Å²) < 4.78 is 44.1. The summed E-state index contributed by atoms with van der Waals surface area (Å²) in [5.74, 6) is 1.53. The Labute approximate surface area is 188 Å². The van der Waals surface area contributed by atoms with Crippen molar-refractivity contribution in [1.29, 1.82) is 0 Å². The highest BCUT2D eigenvalue weighted by atomic mass is 32.2. The molecule has 2 aromatic rings. The standard InChI is InChI=1S/C23H28N2O6S/c1-16(23(26)25-18-5-3-2-4-6-18)31-19-8-10-20(11-9-19)32(27,28)24-14-17-7-12-21-22(13-17)30-15-29-21/h7-13,16,18,24H,2-6,14-15H2,1H3,(H,25,26)/t16-/m1/s1. The number of amides is 1. The lowest BCUT2D eigenvalue weighted by molar-refractivity contribution is -0.128. The molecule has 1 saturated carbocycles. The van der Waals surface area contributed by atoms with Gasteiger partial charge in [0.1, 0.15) is 5.75 Å². The van der Waals surface area contributed by atoms with Crippen LogP contribution in [0.5, 0.6) is 17.2 Å². The van der Waals surface area contributed by atoms with Gasteiger partial charge in [0.05, 0.1) is 4.90 Å². The van der Waals surface area contributed by atoms with E-state index < -0.39 is 16.1 Å². The Hall–Kier alpha value is -2.78. The monoisotopic (exact) mass is 460 g/mol. The van der Waals surface area contributed by atoms with Crippen molar-refractivity contribution in [1.82, 2.24) is 10.0 Å². The van der Waals surface area contributed by atoms with E-state index in [2.05, 4.69) is 10.0 Å². The Morgan fingerprint density at radius 3 is 2.53 bits per heavy atom. The first-order valence-electron chi connectivity index (χ1n) is 10.9. The maximum absolute atomic E-state index is 12.6. The van der Waals surface area contributed by atoms with Gasteiger partial charge in [0.15, 0.2) is 17.6 Å². The molecule has 4 rings (SSSR count). The van der Waals surface area contributed by atoms with E-state index in [0.29, 0.717) is 17.2 Å². The first-order valence-corrected chi connectivity index (χ1v) is 12.3. The van der Waals surface area contributed by atoms with E-state index in [1.807, 2.05) is 0 Å². The van der Waals surface area contributed by atoms with E-state index in [-0.39, 0.29) is 30.2 Å². The highest BCUT2D eigenvalue weighted by molar-refractivity contribution is 7.89. The predicted molar refractivity (Wildman–Crippen MR) is 118 cm³/mol. The molecule has 0 saturated heterocycles. The Morgan fingerprint density at radius 2 is 1.78 bits per heavy atom. The predicted octanol–water partition coefficient (Wildman–Crippen LogP) is 3.11. The summed E-state index contributed by atoms with van der Waals surface area (Å²) in [5.41, 5.74) is 0.760. The summed E-state index contributed by atoms with van der Waals surface area (Å²) in [6.45, 7) is 1.98. The molecule has 1 atom stereocenters. The fourth-order valence-corrected chi connectivity index (χ4v) is 4.85. The highest BCUT2D eigenvalue weighted by Gasteiger charge is 2.21. The maximum atomic E-state index is 12.6. The second-order valence-corrected chi connectivity index (χ2v) is 9.85. The molecule has 1 aliphatic heterocycles. The third-order valence-electron chi connectivity index (χ3n) is 5.67. The SMILES string of the molecule is C[C@@H](Oc1ccc(S(=O)(=O)NCc2ccc3c(c2)OCO3)cc1)C(=O)NC1CCCCC1. The fourth-order valence-electron chi connectivity index (χ4n) is 3.83. The summed E-state index contributed by atoms with van der Waals surface area (Å²) in [4.78, 5) is 12.5. The molecule has 1 amide bonds. The third-order valence-corrected chi connectivity index (χ3v) is 7.09. The van der Waals surface area contributed by atoms with Gasteiger partial charge in [-0.1, -0.05) is 25.3 Å². The quantitative estimate of drug-likeness (QED) is 0.628. The molecular weight excluding hydrogens is 432 g/mol. The first kappa shape index (κ1) is 22.4. The molecule has 32 heavy (non-hydrogen) atoms. The molecule has 2 aliphatic rings. The van der Waals surface area contributed by atoms with Gasteiger partial charge in [0.2, 0.25) is 16.8 Å². The van der Waals surface area contributed by atoms with Gasteiger partial charge in [-0.15, -0.1) is 0 Å². The van der Waals surface area contributed by atoms with E-state index in [9.17, 15) is 13.2 Å².